The van der Waals surface area contributed by atoms with Crippen LogP contribution in [0.2, 0.25) is 0 Å². The average molecular weight is 883 g/mol. The summed E-state index contributed by atoms with van der Waals surface area (Å²) in [4.78, 5) is 23.2. The predicted molar refractivity (Wildman–Crippen MR) is 244 cm³/mol. The quantitative estimate of drug-likeness (QED) is 0.0149. The Kier molecular flexibility index (Phi) is 35.6. The molecule has 352 valence electrons. The first-order valence-corrected chi connectivity index (χ1v) is 24.8. The minimum Gasteiger partial charge on any atom is -0.457 e. The van der Waals surface area contributed by atoms with Gasteiger partial charge in [0.05, 0.1) is 13.2 Å². The number of rotatable bonds is 38. The standard InChI is InChI=1S/C48H83O12P/c1-3-5-7-9-11-13-15-17-19-20-21-22-23-25-27-29-31-33-35-37-42(49)59-41(40-58-61(55,56)60-48-46(53)44(51)43(50)45(52)47(48)54)39-57-38-36-34-32-30-28-26-24-18-16-14-12-10-8-6-4-2/h5,7,10-13,16-19,21-22,41,43-48,50-54H,3-4,6,8-9,14-15,20,23-40H2,1-2H3,(H,55,56)/b7-5-,12-10-,13-11-,18-16-,19-17-,22-21-. The molecular weight excluding hydrogens is 799 g/mol. The van der Waals surface area contributed by atoms with Gasteiger partial charge in [0.2, 0.25) is 0 Å². The van der Waals surface area contributed by atoms with E-state index < -0.39 is 63.1 Å². The normalized spacial score (nSPS) is 22.8. The van der Waals surface area contributed by atoms with E-state index in [4.69, 9.17) is 18.5 Å². The van der Waals surface area contributed by atoms with Crippen molar-refractivity contribution >= 4 is 13.8 Å². The molecule has 61 heavy (non-hydrogen) atoms. The fourth-order valence-electron chi connectivity index (χ4n) is 6.60. The van der Waals surface area contributed by atoms with Crippen LogP contribution in [0.1, 0.15) is 162 Å². The van der Waals surface area contributed by atoms with E-state index in [1.54, 1.807) is 0 Å². The second kappa shape index (κ2) is 38.3. The Balaban J connectivity index is 2.42. The molecular formula is C48H83O12P. The van der Waals surface area contributed by atoms with E-state index in [0.717, 1.165) is 122 Å². The van der Waals surface area contributed by atoms with Gasteiger partial charge >= 0.3 is 13.8 Å². The minimum atomic E-state index is -5.03. The van der Waals surface area contributed by atoms with Crippen LogP contribution < -0.4 is 0 Å². The van der Waals surface area contributed by atoms with Gasteiger partial charge in [0.15, 0.2) is 0 Å². The van der Waals surface area contributed by atoms with Crippen molar-refractivity contribution < 1.29 is 58.3 Å². The number of carbonyl (C=O) groups excluding carboxylic acids is 1. The molecule has 0 aromatic heterocycles. The predicted octanol–water partition coefficient (Wildman–Crippen LogP) is 9.58. The number of esters is 1. The Labute approximate surface area is 368 Å². The lowest BCUT2D eigenvalue weighted by Crippen LogP contribution is -2.64. The van der Waals surface area contributed by atoms with Crippen LogP contribution in [-0.4, -0.2) is 98.9 Å². The van der Waals surface area contributed by atoms with E-state index in [0.29, 0.717) is 13.0 Å². The number of carbonyl (C=O) groups is 1. The molecule has 1 rings (SSSR count). The third-order valence-electron chi connectivity index (χ3n) is 10.3. The van der Waals surface area contributed by atoms with Crippen molar-refractivity contribution in [3.8, 4) is 0 Å². The Morgan fingerprint density at radius 3 is 1.48 bits per heavy atom. The lowest BCUT2D eigenvalue weighted by atomic mass is 9.85. The van der Waals surface area contributed by atoms with E-state index in [1.807, 2.05) is 0 Å². The topological polar surface area (TPSA) is 192 Å². The summed E-state index contributed by atoms with van der Waals surface area (Å²) in [5, 5.41) is 50.2. The number of allylic oxidation sites excluding steroid dienone is 12. The van der Waals surface area contributed by atoms with Crippen molar-refractivity contribution in [2.75, 3.05) is 19.8 Å². The maximum Gasteiger partial charge on any atom is 0.472 e. The molecule has 12 nitrogen and oxygen atoms in total. The molecule has 6 N–H and O–H groups in total. The summed E-state index contributed by atoms with van der Waals surface area (Å²) in [5.74, 6) is -0.498. The molecule has 0 aromatic rings. The van der Waals surface area contributed by atoms with E-state index in [1.165, 1.54) is 12.8 Å². The molecule has 0 aromatic carbocycles. The summed E-state index contributed by atoms with van der Waals surface area (Å²) in [7, 11) is -5.03. The van der Waals surface area contributed by atoms with Gasteiger partial charge in [-0.2, -0.15) is 0 Å². The summed E-state index contributed by atoms with van der Waals surface area (Å²) in [6.07, 6.45) is 36.8. The molecule has 6 unspecified atom stereocenters. The highest BCUT2D eigenvalue weighted by molar-refractivity contribution is 7.47. The Morgan fingerprint density at radius 2 is 0.967 bits per heavy atom. The van der Waals surface area contributed by atoms with Crippen LogP contribution in [0.25, 0.3) is 0 Å². The fourth-order valence-corrected chi connectivity index (χ4v) is 7.57. The molecule has 0 saturated heterocycles. The van der Waals surface area contributed by atoms with Crippen molar-refractivity contribution in [3.05, 3.63) is 72.9 Å². The first kappa shape index (κ1) is 56.8. The number of aliphatic hydroxyl groups excluding tert-OH is 5. The third kappa shape index (κ3) is 30.5. The van der Waals surface area contributed by atoms with Crippen LogP contribution in [0.3, 0.4) is 0 Å². The zero-order chi connectivity index (χ0) is 44.8. The van der Waals surface area contributed by atoms with Gasteiger partial charge < -0.3 is 39.9 Å². The third-order valence-corrected chi connectivity index (χ3v) is 11.3. The van der Waals surface area contributed by atoms with E-state index >= 15 is 0 Å². The van der Waals surface area contributed by atoms with Gasteiger partial charge in [-0.15, -0.1) is 0 Å². The van der Waals surface area contributed by atoms with Crippen molar-refractivity contribution in [2.24, 2.45) is 0 Å². The molecule has 0 bridgehead atoms. The number of phosphoric ester groups is 1. The SMILES string of the molecule is CC/C=C\C/C=C\C/C=C\C/C=C\CCCCCCCCC(=O)OC(COCCCCCCCC/C=C\C/C=C\CCCC)COP(=O)(O)OC1C(O)C(O)C(O)C(O)C1O. The molecule has 0 aliphatic heterocycles. The van der Waals surface area contributed by atoms with Crippen LogP contribution in [-0.2, 0) is 27.9 Å². The van der Waals surface area contributed by atoms with Gasteiger partial charge in [-0.3, -0.25) is 13.8 Å². The molecule has 0 heterocycles. The van der Waals surface area contributed by atoms with Gasteiger partial charge in [-0.25, -0.2) is 4.57 Å². The lowest BCUT2D eigenvalue weighted by molar-refractivity contribution is -0.220. The first-order valence-electron chi connectivity index (χ1n) is 23.3. The van der Waals surface area contributed by atoms with Crippen molar-refractivity contribution in [1.82, 2.24) is 0 Å². The Bertz CT molecular complexity index is 1280. The van der Waals surface area contributed by atoms with Crippen LogP contribution >= 0.6 is 7.82 Å². The molecule has 0 amide bonds. The van der Waals surface area contributed by atoms with Gasteiger partial charge in [0.25, 0.3) is 0 Å². The van der Waals surface area contributed by atoms with Crippen LogP contribution in [0, 0.1) is 0 Å². The molecule has 6 atom stereocenters. The molecule has 1 fully saturated rings. The monoisotopic (exact) mass is 883 g/mol. The highest BCUT2D eigenvalue weighted by Gasteiger charge is 2.51. The smallest absolute Gasteiger partial charge is 0.457 e. The number of hydrogen-bond acceptors (Lipinski definition) is 11. The maximum atomic E-state index is 12.8. The second-order valence-corrected chi connectivity index (χ2v) is 17.3. The molecule has 0 radical (unpaired) electrons. The summed E-state index contributed by atoms with van der Waals surface area (Å²) >= 11 is 0. The van der Waals surface area contributed by atoms with Crippen molar-refractivity contribution in [1.29, 1.82) is 0 Å². The molecule has 1 aliphatic carbocycles. The summed E-state index contributed by atoms with van der Waals surface area (Å²) < 4.78 is 34.2. The molecule has 13 heteroatoms. The Morgan fingerprint density at radius 1 is 0.541 bits per heavy atom. The first-order chi connectivity index (χ1) is 29.5. The lowest BCUT2D eigenvalue weighted by Gasteiger charge is -2.41. The highest BCUT2D eigenvalue weighted by atomic mass is 31.2. The number of phosphoric acid groups is 1. The van der Waals surface area contributed by atoms with Crippen molar-refractivity contribution in [2.45, 2.75) is 204 Å². The van der Waals surface area contributed by atoms with Crippen LogP contribution in [0.5, 0.6) is 0 Å². The number of hydrogen-bond donors (Lipinski definition) is 6. The van der Waals surface area contributed by atoms with E-state index in [9.17, 15) is 39.8 Å². The van der Waals surface area contributed by atoms with Gasteiger partial charge in [0, 0.05) is 13.0 Å². The molecule has 1 aliphatic rings. The van der Waals surface area contributed by atoms with Crippen LogP contribution in [0.15, 0.2) is 72.9 Å². The summed E-state index contributed by atoms with van der Waals surface area (Å²) in [5.41, 5.74) is 0. The summed E-state index contributed by atoms with van der Waals surface area (Å²) in [6.45, 7) is 4.05. The van der Waals surface area contributed by atoms with Gasteiger partial charge in [-0.1, -0.05) is 151 Å². The zero-order valence-electron chi connectivity index (χ0n) is 37.4. The van der Waals surface area contributed by atoms with Gasteiger partial charge in [0.1, 0.15) is 42.7 Å². The fraction of sp³-hybridized carbons (Fsp3) is 0.729. The highest BCUT2D eigenvalue weighted by Crippen LogP contribution is 2.47. The van der Waals surface area contributed by atoms with Crippen molar-refractivity contribution in [3.63, 3.8) is 0 Å². The maximum absolute atomic E-state index is 12.8. The average Bonchev–Trinajstić information content (AvgIpc) is 3.24. The van der Waals surface area contributed by atoms with Gasteiger partial charge in [-0.05, 0) is 77.0 Å². The number of unbranched alkanes of at least 4 members (excludes halogenated alkanes) is 14. The Hall–Kier alpha value is -2.22. The zero-order valence-corrected chi connectivity index (χ0v) is 38.3. The van der Waals surface area contributed by atoms with Crippen LogP contribution in [0.4, 0.5) is 0 Å². The second-order valence-electron chi connectivity index (χ2n) is 15.9. The largest absolute Gasteiger partial charge is 0.472 e. The van der Waals surface area contributed by atoms with E-state index in [2.05, 4.69) is 86.8 Å². The molecule has 1 saturated carbocycles. The summed E-state index contributed by atoms with van der Waals surface area (Å²) in [6, 6.07) is 0. The number of ether oxygens (including phenoxy) is 2. The minimum absolute atomic E-state index is 0.0938. The van der Waals surface area contributed by atoms with E-state index in [-0.39, 0.29) is 13.0 Å². The number of aliphatic hydroxyl groups is 5. The molecule has 0 spiro atoms.